The number of esters is 2. The monoisotopic (exact) mass is 1030 g/mol. The van der Waals surface area contributed by atoms with Gasteiger partial charge >= 0.3 is 19.8 Å². The third kappa shape index (κ3) is 57.3. The van der Waals surface area contributed by atoms with Crippen molar-refractivity contribution >= 4 is 19.8 Å². The number of carbonyl (C=O) groups is 2. The summed E-state index contributed by atoms with van der Waals surface area (Å²) in [5.74, 6) is -0.928. The normalized spacial score (nSPS) is 14.1. The fourth-order valence-corrected chi connectivity index (χ4v) is 8.16. The van der Waals surface area contributed by atoms with Crippen LogP contribution in [0.1, 0.15) is 219 Å². The van der Waals surface area contributed by atoms with E-state index in [-0.39, 0.29) is 32.6 Å². The van der Waals surface area contributed by atoms with E-state index in [0.717, 1.165) is 89.9 Å². The molecule has 0 aliphatic carbocycles. The highest BCUT2D eigenvalue weighted by atomic mass is 31.2. The molecule has 0 saturated heterocycles. The maximum Gasteiger partial charge on any atom is 0.472 e. The first-order valence-corrected chi connectivity index (χ1v) is 30.2. The van der Waals surface area contributed by atoms with Crippen LogP contribution in [0.4, 0.5) is 0 Å². The van der Waals surface area contributed by atoms with E-state index in [1.54, 1.807) is 0 Å². The standard InChI is InChI=1S/C63H104NO8P/c1-3-5-7-9-11-13-15-17-18-19-20-21-22-23-24-25-26-27-28-29-30-31-32-33-34-35-36-37-38-39-40-41-42-44-46-48-50-52-54-56-63(66)72-61(60-71-73(67,68)70-58-57-64)59-69-62(65)55-53-51-49-47-45-43-16-14-12-10-8-6-4-2/h5-8,11-14,17-18,20-21,23-24,26-27,29-30,43,45,49,51,61H,3-4,9-10,15-16,19,22,25,28,31-42,44,46-48,50,52-60,64H2,1-2H3,(H,67,68)/b7-5-,8-6-,13-11-,14-12-,18-17-,21-20-,24-23-,27-26-,30-29-,45-43-,51-49-. The number of phosphoric ester groups is 1. The molecular formula is C63H104NO8P. The Kier molecular flexibility index (Phi) is 54.4. The van der Waals surface area contributed by atoms with E-state index < -0.39 is 32.5 Å². The Morgan fingerprint density at radius 2 is 0.740 bits per heavy atom. The Labute approximate surface area is 446 Å². The fraction of sp³-hybridized carbons (Fsp3) is 0.619. The van der Waals surface area contributed by atoms with E-state index in [1.165, 1.54) is 89.9 Å². The molecule has 0 aromatic rings. The lowest BCUT2D eigenvalue weighted by Crippen LogP contribution is -2.29. The minimum absolute atomic E-state index is 0.0396. The predicted octanol–water partition coefficient (Wildman–Crippen LogP) is 18.2. The van der Waals surface area contributed by atoms with Gasteiger partial charge in [-0.1, -0.05) is 244 Å². The molecule has 0 spiro atoms. The van der Waals surface area contributed by atoms with E-state index in [1.807, 2.05) is 12.2 Å². The van der Waals surface area contributed by atoms with Crippen LogP contribution in [0.2, 0.25) is 0 Å². The zero-order valence-corrected chi connectivity index (χ0v) is 47.0. The lowest BCUT2D eigenvalue weighted by Gasteiger charge is -2.19. The second-order valence-corrected chi connectivity index (χ2v) is 19.8. The SMILES string of the molecule is CC/C=C\C/C=C\C/C=C\C/C=C\C/C=C\C/C=C\C/C=C\CCCCCCCCCCCCCCCCCCCC(=O)OC(COC(=O)CC/C=C\C/C=C\C/C=C\C/C=C\CC)COP(=O)(O)OCCN. The van der Waals surface area contributed by atoms with E-state index in [2.05, 4.69) is 135 Å². The predicted molar refractivity (Wildman–Crippen MR) is 311 cm³/mol. The highest BCUT2D eigenvalue weighted by Gasteiger charge is 2.26. The number of ether oxygens (including phenoxy) is 2. The molecule has 2 atom stereocenters. The molecule has 0 amide bonds. The molecule has 0 fully saturated rings. The summed E-state index contributed by atoms with van der Waals surface area (Å²) >= 11 is 0. The van der Waals surface area contributed by atoms with Crippen molar-refractivity contribution in [2.45, 2.75) is 225 Å². The number of nitrogens with two attached hydrogens (primary N) is 1. The molecular weight excluding hydrogens is 930 g/mol. The fourth-order valence-electron chi connectivity index (χ4n) is 7.39. The first-order chi connectivity index (χ1) is 35.8. The molecule has 0 aliphatic heterocycles. The topological polar surface area (TPSA) is 134 Å². The lowest BCUT2D eigenvalue weighted by molar-refractivity contribution is -0.161. The van der Waals surface area contributed by atoms with Gasteiger partial charge in [-0.25, -0.2) is 4.57 Å². The van der Waals surface area contributed by atoms with Gasteiger partial charge in [0.2, 0.25) is 0 Å². The van der Waals surface area contributed by atoms with Gasteiger partial charge in [0.05, 0.1) is 13.2 Å². The highest BCUT2D eigenvalue weighted by molar-refractivity contribution is 7.47. The molecule has 73 heavy (non-hydrogen) atoms. The van der Waals surface area contributed by atoms with Crippen molar-refractivity contribution in [3.05, 3.63) is 134 Å². The number of unbranched alkanes of at least 4 members (excludes halogenated alkanes) is 17. The van der Waals surface area contributed by atoms with Crippen molar-refractivity contribution < 1.29 is 37.6 Å². The number of carbonyl (C=O) groups excluding carboxylic acids is 2. The van der Waals surface area contributed by atoms with Crippen LogP contribution >= 0.6 is 7.82 Å². The second-order valence-electron chi connectivity index (χ2n) is 18.4. The molecule has 0 saturated carbocycles. The van der Waals surface area contributed by atoms with Crippen LogP contribution in [0.3, 0.4) is 0 Å². The third-order valence-electron chi connectivity index (χ3n) is 11.5. The molecule has 9 nitrogen and oxygen atoms in total. The molecule has 10 heteroatoms. The summed E-state index contributed by atoms with van der Waals surface area (Å²) in [6.45, 7) is 3.41. The quantitative estimate of drug-likeness (QED) is 0.0264. The number of hydrogen-bond donors (Lipinski definition) is 2. The van der Waals surface area contributed by atoms with Gasteiger partial charge in [-0.05, 0) is 96.3 Å². The number of allylic oxidation sites excluding steroid dienone is 22. The molecule has 0 aliphatic rings. The van der Waals surface area contributed by atoms with Gasteiger partial charge in [-0.2, -0.15) is 0 Å². The van der Waals surface area contributed by atoms with Gasteiger partial charge in [0.15, 0.2) is 6.10 Å². The first-order valence-electron chi connectivity index (χ1n) is 28.7. The maximum atomic E-state index is 12.7. The summed E-state index contributed by atoms with van der Waals surface area (Å²) in [7, 11) is -4.40. The highest BCUT2D eigenvalue weighted by Crippen LogP contribution is 2.43. The van der Waals surface area contributed by atoms with E-state index >= 15 is 0 Å². The van der Waals surface area contributed by atoms with Crippen molar-refractivity contribution in [3.8, 4) is 0 Å². The second kappa shape index (κ2) is 57.4. The average molecular weight is 1030 g/mol. The summed E-state index contributed by atoms with van der Waals surface area (Å²) in [4.78, 5) is 35.0. The number of phosphoric acid groups is 1. The van der Waals surface area contributed by atoms with Crippen molar-refractivity contribution in [3.63, 3.8) is 0 Å². The largest absolute Gasteiger partial charge is 0.472 e. The van der Waals surface area contributed by atoms with Crippen LogP contribution in [0, 0.1) is 0 Å². The van der Waals surface area contributed by atoms with Crippen LogP contribution in [0.25, 0.3) is 0 Å². The average Bonchev–Trinajstić information content (AvgIpc) is 3.38. The van der Waals surface area contributed by atoms with Crippen LogP contribution in [0.5, 0.6) is 0 Å². The summed E-state index contributed by atoms with van der Waals surface area (Å²) in [5, 5.41) is 0. The first kappa shape index (κ1) is 69.2. The molecule has 0 aromatic heterocycles. The minimum Gasteiger partial charge on any atom is -0.462 e. The third-order valence-corrected chi connectivity index (χ3v) is 12.5. The Hall–Kier alpha value is -3.85. The summed E-state index contributed by atoms with van der Waals surface area (Å²) < 4.78 is 32.8. The summed E-state index contributed by atoms with van der Waals surface area (Å²) in [6, 6.07) is 0. The molecule has 414 valence electrons. The number of hydrogen-bond acceptors (Lipinski definition) is 8. The minimum atomic E-state index is -4.40. The zero-order chi connectivity index (χ0) is 53.1. The van der Waals surface area contributed by atoms with E-state index in [0.29, 0.717) is 12.8 Å². The van der Waals surface area contributed by atoms with Crippen molar-refractivity contribution in [1.82, 2.24) is 0 Å². The smallest absolute Gasteiger partial charge is 0.462 e. The van der Waals surface area contributed by atoms with Gasteiger partial charge in [0, 0.05) is 19.4 Å². The maximum absolute atomic E-state index is 12.7. The Balaban J connectivity index is 3.89. The number of rotatable bonds is 52. The molecule has 0 aromatic carbocycles. The van der Waals surface area contributed by atoms with Gasteiger partial charge in [-0.15, -0.1) is 0 Å². The van der Waals surface area contributed by atoms with Gasteiger partial charge in [0.1, 0.15) is 6.61 Å². The Bertz CT molecular complexity index is 1650. The molecule has 0 bridgehead atoms. The van der Waals surface area contributed by atoms with E-state index in [9.17, 15) is 19.0 Å². The molecule has 0 heterocycles. The summed E-state index contributed by atoms with van der Waals surface area (Å²) in [6.07, 6.45) is 81.2. The molecule has 2 unspecified atom stereocenters. The lowest BCUT2D eigenvalue weighted by atomic mass is 10.0. The van der Waals surface area contributed by atoms with Crippen molar-refractivity contribution in [1.29, 1.82) is 0 Å². The van der Waals surface area contributed by atoms with Crippen LogP contribution in [-0.4, -0.2) is 49.3 Å². The summed E-state index contributed by atoms with van der Waals surface area (Å²) in [5.41, 5.74) is 5.36. The van der Waals surface area contributed by atoms with Crippen LogP contribution in [0.15, 0.2) is 134 Å². The molecule has 3 N–H and O–H groups in total. The van der Waals surface area contributed by atoms with Crippen LogP contribution < -0.4 is 5.73 Å². The van der Waals surface area contributed by atoms with E-state index in [4.69, 9.17) is 24.3 Å². The van der Waals surface area contributed by atoms with Crippen LogP contribution in [-0.2, 0) is 32.7 Å². The van der Waals surface area contributed by atoms with Crippen molar-refractivity contribution in [2.75, 3.05) is 26.4 Å². The Morgan fingerprint density at radius 1 is 0.411 bits per heavy atom. The van der Waals surface area contributed by atoms with Gasteiger partial charge in [-0.3, -0.25) is 18.6 Å². The zero-order valence-electron chi connectivity index (χ0n) is 46.1. The van der Waals surface area contributed by atoms with Crippen molar-refractivity contribution in [2.24, 2.45) is 5.73 Å². The Morgan fingerprint density at radius 3 is 1.11 bits per heavy atom. The van der Waals surface area contributed by atoms with Gasteiger partial charge < -0.3 is 20.1 Å². The molecule has 0 radical (unpaired) electrons. The van der Waals surface area contributed by atoms with Gasteiger partial charge in [0.25, 0.3) is 0 Å². The molecule has 0 rings (SSSR count).